The number of alkyl halides is 1. The Hall–Kier alpha value is -0.0600. The normalized spacial score (nSPS) is 10.2. The lowest BCUT2D eigenvalue weighted by Gasteiger charge is -2.17. The van der Waals surface area contributed by atoms with Crippen LogP contribution in [0.1, 0.15) is 16.8 Å². The molecular formula is C11H12Br2ClNO. The maximum absolute atomic E-state index is 12.0. The van der Waals surface area contributed by atoms with E-state index in [0.29, 0.717) is 17.1 Å². The zero-order chi connectivity index (χ0) is 12.1. The van der Waals surface area contributed by atoms with Crippen molar-refractivity contribution in [2.45, 2.75) is 6.42 Å². The number of carbonyl (C=O) groups is 1. The van der Waals surface area contributed by atoms with Crippen LogP contribution in [0.4, 0.5) is 0 Å². The van der Waals surface area contributed by atoms with E-state index in [2.05, 4.69) is 31.9 Å². The molecule has 0 aliphatic heterocycles. The molecule has 16 heavy (non-hydrogen) atoms. The molecule has 0 aliphatic rings. The highest BCUT2D eigenvalue weighted by molar-refractivity contribution is 9.10. The minimum Gasteiger partial charge on any atom is -0.342 e. The van der Waals surface area contributed by atoms with Crippen LogP contribution in [0.2, 0.25) is 5.02 Å². The largest absolute Gasteiger partial charge is 0.342 e. The van der Waals surface area contributed by atoms with Gasteiger partial charge in [0.2, 0.25) is 0 Å². The second kappa shape index (κ2) is 6.62. The van der Waals surface area contributed by atoms with Gasteiger partial charge in [-0.3, -0.25) is 4.79 Å². The maximum Gasteiger partial charge on any atom is 0.255 e. The lowest BCUT2D eigenvalue weighted by atomic mass is 10.2. The van der Waals surface area contributed by atoms with Crippen LogP contribution in [0.5, 0.6) is 0 Å². The monoisotopic (exact) mass is 367 g/mol. The summed E-state index contributed by atoms with van der Waals surface area (Å²) in [6, 6.07) is 5.36. The van der Waals surface area contributed by atoms with Crippen LogP contribution in [0.25, 0.3) is 0 Å². The third kappa shape index (κ3) is 3.47. The van der Waals surface area contributed by atoms with Gasteiger partial charge in [-0.25, -0.2) is 0 Å². The lowest BCUT2D eigenvalue weighted by Crippen LogP contribution is -2.28. The fourth-order valence-electron chi connectivity index (χ4n) is 1.27. The summed E-state index contributed by atoms with van der Waals surface area (Å²) in [5.41, 5.74) is 0.535. The van der Waals surface area contributed by atoms with Gasteiger partial charge in [0.1, 0.15) is 0 Å². The molecule has 5 heteroatoms. The molecule has 0 radical (unpaired) electrons. The highest BCUT2D eigenvalue weighted by Gasteiger charge is 2.15. The Morgan fingerprint density at radius 1 is 1.50 bits per heavy atom. The molecule has 0 atom stereocenters. The van der Waals surface area contributed by atoms with Crippen LogP contribution in [0, 0.1) is 0 Å². The van der Waals surface area contributed by atoms with Crippen LogP contribution in [0.3, 0.4) is 0 Å². The Bertz CT molecular complexity index is 384. The summed E-state index contributed by atoms with van der Waals surface area (Å²) >= 11 is 12.7. The van der Waals surface area contributed by atoms with Gasteiger partial charge in [0.05, 0.1) is 10.6 Å². The van der Waals surface area contributed by atoms with Crippen molar-refractivity contribution < 1.29 is 4.79 Å². The molecule has 1 aromatic carbocycles. The summed E-state index contributed by atoms with van der Waals surface area (Å²) < 4.78 is 0.744. The quantitative estimate of drug-likeness (QED) is 0.736. The molecule has 0 aromatic heterocycles. The third-order valence-electron chi connectivity index (χ3n) is 2.16. The molecular weight excluding hydrogens is 357 g/mol. The molecule has 0 bridgehead atoms. The predicted octanol–water partition coefficient (Wildman–Crippen LogP) is 3.96. The van der Waals surface area contributed by atoms with E-state index in [1.807, 2.05) is 12.1 Å². The molecule has 0 saturated heterocycles. The zero-order valence-electron chi connectivity index (χ0n) is 8.84. The predicted molar refractivity (Wildman–Crippen MR) is 74.5 cm³/mol. The minimum absolute atomic E-state index is 0.0488. The van der Waals surface area contributed by atoms with E-state index in [1.54, 1.807) is 18.0 Å². The van der Waals surface area contributed by atoms with Crippen molar-refractivity contribution in [1.29, 1.82) is 0 Å². The van der Waals surface area contributed by atoms with E-state index < -0.39 is 0 Å². The summed E-state index contributed by atoms with van der Waals surface area (Å²) in [5.74, 6) is -0.0488. The van der Waals surface area contributed by atoms with Gasteiger partial charge in [0.25, 0.3) is 5.91 Å². The van der Waals surface area contributed by atoms with Gasteiger partial charge >= 0.3 is 0 Å². The molecule has 0 fully saturated rings. The van der Waals surface area contributed by atoms with Crippen LogP contribution in [0.15, 0.2) is 22.7 Å². The summed E-state index contributed by atoms with van der Waals surface area (Å²) in [7, 11) is 1.78. The maximum atomic E-state index is 12.0. The molecule has 0 saturated carbocycles. The zero-order valence-corrected chi connectivity index (χ0v) is 12.8. The highest BCUT2D eigenvalue weighted by atomic mass is 79.9. The molecule has 0 unspecified atom stereocenters. The van der Waals surface area contributed by atoms with Crippen LogP contribution in [-0.4, -0.2) is 29.7 Å². The molecule has 88 valence electrons. The average molecular weight is 369 g/mol. The van der Waals surface area contributed by atoms with Crippen molar-refractivity contribution in [3.8, 4) is 0 Å². The van der Waals surface area contributed by atoms with Crippen molar-refractivity contribution >= 4 is 49.4 Å². The van der Waals surface area contributed by atoms with Crippen molar-refractivity contribution in [3.05, 3.63) is 33.3 Å². The Balaban J connectivity index is 2.84. The van der Waals surface area contributed by atoms with Gasteiger partial charge in [-0.1, -0.05) is 33.6 Å². The van der Waals surface area contributed by atoms with E-state index in [-0.39, 0.29) is 5.91 Å². The Kier molecular flexibility index (Phi) is 5.79. The first-order chi connectivity index (χ1) is 7.57. The van der Waals surface area contributed by atoms with E-state index >= 15 is 0 Å². The van der Waals surface area contributed by atoms with Crippen LogP contribution in [-0.2, 0) is 0 Å². The SMILES string of the molecule is CN(CCCBr)C(=O)c1cccc(Br)c1Cl. The van der Waals surface area contributed by atoms with Gasteiger partial charge in [-0.05, 0) is 34.5 Å². The van der Waals surface area contributed by atoms with Crippen molar-refractivity contribution in [2.75, 3.05) is 18.9 Å². The second-order valence-corrected chi connectivity index (χ2v) is 5.40. The Morgan fingerprint density at radius 2 is 2.19 bits per heavy atom. The molecule has 0 N–H and O–H groups in total. The van der Waals surface area contributed by atoms with E-state index in [1.165, 1.54) is 0 Å². The van der Waals surface area contributed by atoms with Crippen molar-refractivity contribution in [2.24, 2.45) is 0 Å². The molecule has 1 rings (SSSR count). The first-order valence-corrected chi connectivity index (χ1v) is 7.12. The number of halogens is 3. The topological polar surface area (TPSA) is 20.3 Å². The van der Waals surface area contributed by atoms with E-state index in [0.717, 1.165) is 16.2 Å². The molecule has 1 amide bonds. The van der Waals surface area contributed by atoms with Crippen LogP contribution >= 0.6 is 43.5 Å². The fraction of sp³-hybridized carbons (Fsp3) is 0.364. The Labute approximate surface area is 117 Å². The summed E-state index contributed by atoms with van der Waals surface area (Å²) in [6.07, 6.45) is 0.924. The third-order valence-corrected chi connectivity index (χ3v) is 4.01. The van der Waals surface area contributed by atoms with E-state index in [9.17, 15) is 4.79 Å². The first kappa shape index (κ1) is 14.0. The number of hydrogen-bond donors (Lipinski definition) is 0. The molecule has 0 heterocycles. The molecule has 0 spiro atoms. The van der Waals surface area contributed by atoms with E-state index in [4.69, 9.17) is 11.6 Å². The summed E-state index contributed by atoms with van der Waals surface area (Å²) in [4.78, 5) is 13.7. The van der Waals surface area contributed by atoms with Gasteiger partial charge in [0, 0.05) is 23.4 Å². The number of benzene rings is 1. The minimum atomic E-state index is -0.0488. The highest BCUT2D eigenvalue weighted by Crippen LogP contribution is 2.26. The average Bonchev–Trinajstić information content (AvgIpc) is 2.28. The van der Waals surface area contributed by atoms with Gasteiger partial charge in [0.15, 0.2) is 0 Å². The van der Waals surface area contributed by atoms with Crippen molar-refractivity contribution in [1.82, 2.24) is 4.90 Å². The number of hydrogen-bond acceptors (Lipinski definition) is 1. The number of amides is 1. The standard InChI is InChI=1S/C11H12Br2ClNO/c1-15(7-3-6-12)11(16)8-4-2-5-9(13)10(8)14/h2,4-5H,3,6-7H2,1H3. The summed E-state index contributed by atoms with van der Waals surface area (Å²) in [5, 5.41) is 1.36. The van der Waals surface area contributed by atoms with Gasteiger partial charge < -0.3 is 4.90 Å². The van der Waals surface area contributed by atoms with Crippen molar-refractivity contribution in [3.63, 3.8) is 0 Å². The molecule has 1 aromatic rings. The number of nitrogens with zero attached hydrogens (tertiary/aromatic N) is 1. The van der Waals surface area contributed by atoms with Gasteiger partial charge in [-0.2, -0.15) is 0 Å². The lowest BCUT2D eigenvalue weighted by molar-refractivity contribution is 0.0796. The van der Waals surface area contributed by atoms with Crippen LogP contribution < -0.4 is 0 Å². The number of rotatable bonds is 4. The fourth-order valence-corrected chi connectivity index (χ4v) is 2.10. The summed E-state index contributed by atoms with van der Waals surface area (Å²) in [6.45, 7) is 0.715. The first-order valence-electron chi connectivity index (χ1n) is 4.83. The van der Waals surface area contributed by atoms with Gasteiger partial charge in [-0.15, -0.1) is 0 Å². The molecule has 0 aliphatic carbocycles. The Morgan fingerprint density at radius 3 is 2.81 bits per heavy atom. The second-order valence-electron chi connectivity index (χ2n) is 3.37. The molecule has 2 nitrogen and oxygen atoms in total. The smallest absolute Gasteiger partial charge is 0.255 e. The number of carbonyl (C=O) groups excluding carboxylic acids is 1.